The minimum absolute atomic E-state index is 0.0738. The number of aryl methyl sites for hydroxylation is 1. The number of hydrogen-bond acceptors (Lipinski definition) is 2. The first kappa shape index (κ1) is 24.3. The molecule has 0 saturated heterocycles. The van der Waals surface area contributed by atoms with E-state index in [1.807, 2.05) is 43.3 Å². The summed E-state index contributed by atoms with van der Waals surface area (Å²) >= 11 is 0. The third-order valence-corrected chi connectivity index (χ3v) is 6.12. The Balaban J connectivity index is 2.02. The Morgan fingerprint density at radius 1 is 1.03 bits per heavy atom. The second kappa shape index (κ2) is 12.1. The van der Waals surface area contributed by atoms with Gasteiger partial charge in [0.15, 0.2) is 0 Å². The second-order valence-electron chi connectivity index (χ2n) is 8.61. The number of carbonyl (C=O) groups is 1. The van der Waals surface area contributed by atoms with Crippen LogP contribution in [0.15, 0.2) is 72.4 Å². The number of hydrogen-bond donors (Lipinski definition) is 2. The summed E-state index contributed by atoms with van der Waals surface area (Å²) in [5.41, 5.74) is 3.16. The number of unbranched alkanes of at least 4 members (excludes halogenated alkanes) is 5. The Morgan fingerprint density at radius 3 is 2.58 bits per heavy atom. The molecule has 2 aromatic rings. The van der Waals surface area contributed by atoms with Crippen molar-refractivity contribution in [2.45, 2.75) is 52.4 Å². The normalized spacial score (nSPS) is 17.8. The molecule has 3 heteroatoms. The Morgan fingerprint density at radius 2 is 1.82 bits per heavy atom. The highest BCUT2D eigenvalue weighted by Crippen LogP contribution is 2.22. The Labute approximate surface area is 196 Å². The maximum atomic E-state index is 11.6. The number of phenols is 1. The van der Waals surface area contributed by atoms with Gasteiger partial charge in [-0.25, -0.2) is 4.79 Å². The van der Waals surface area contributed by atoms with Gasteiger partial charge in [-0.1, -0.05) is 99.4 Å². The molecule has 33 heavy (non-hydrogen) atoms. The Kier molecular flexibility index (Phi) is 8.88. The molecule has 0 heterocycles. The van der Waals surface area contributed by atoms with Gasteiger partial charge in [0.05, 0.1) is 0 Å². The molecule has 0 aromatic heterocycles. The number of carboxylic acids is 1. The number of rotatable bonds is 9. The van der Waals surface area contributed by atoms with E-state index in [1.165, 1.54) is 43.7 Å². The zero-order valence-electron chi connectivity index (χ0n) is 19.6. The zero-order valence-corrected chi connectivity index (χ0v) is 19.6. The van der Waals surface area contributed by atoms with Crippen LogP contribution in [0.4, 0.5) is 0 Å². The largest absolute Gasteiger partial charge is 0.506 e. The van der Waals surface area contributed by atoms with Crippen molar-refractivity contribution in [2.75, 3.05) is 0 Å². The van der Waals surface area contributed by atoms with Crippen LogP contribution < -0.4 is 10.4 Å². The molecule has 0 amide bonds. The van der Waals surface area contributed by atoms with Gasteiger partial charge >= 0.3 is 5.97 Å². The Hall–Kier alpha value is -3.33. The average molecular weight is 443 g/mol. The number of aromatic hydroxyl groups is 1. The van der Waals surface area contributed by atoms with E-state index in [0.717, 1.165) is 22.8 Å². The predicted molar refractivity (Wildman–Crippen MR) is 137 cm³/mol. The molecule has 0 fully saturated rings. The molecule has 2 N–H and O–H groups in total. The molecular formula is C30H34O3. The second-order valence-corrected chi connectivity index (χ2v) is 8.61. The summed E-state index contributed by atoms with van der Waals surface area (Å²) in [7, 11) is 0. The molecule has 3 nitrogen and oxygen atoms in total. The smallest absolute Gasteiger partial charge is 0.339 e. The summed E-state index contributed by atoms with van der Waals surface area (Å²) in [5.74, 6) is -1.26. The molecule has 1 aliphatic rings. The lowest BCUT2D eigenvalue weighted by Crippen LogP contribution is -2.28. The van der Waals surface area contributed by atoms with E-state index in [9.17, 15) is 15.0 Å². The molecule has 1 atom stereocenters. The SMILES string of the molecule is CCCCCCCC=C1C=CC=CC1C=c1ccc(C(=O)O)c(O)c1=Cc1ccccc1C. The van der Waals surface area contributed by atoms with Gasteiger partial charge in [0.1, 0.15) is 11.3 Å². The summed E-state index contributed by atoms with van der Waals surface area (Å²) in [6.07, 6.45) is 22.0. The molecule has 0 aliphatic heterocycles. The summed E-state index contributed by atoms with van der Waals surface area (Å²) in [6, 6.07) is 11.2. The summed E-state index contributed by atoms with van der Waals surface area (Å²) in [5, 5.41) is 21.7. The van der Waals surface area contributed by atoms with E-state index in [4.69, 9.17) is 0 Å². The van der Waals surface area contributed by atoms with E-state index in [0.29, 0.717) is 5.22 Å². The molecule has 1 unspecified atom stereocenters. The van der Waals surface area contributed by atoms with Crippen LogP contribution in [-0.4, -0.2) is 16.2 Å². The molecule has 0 bridgehead atoms. The van der Waals surface area contributed by atoms with Crippen molar-refractivity contribution in [3.63, 3.8) is 0 Å². The first-order chi connectivity index (χ1) is 16.0. The van der Waals surface area contributed by atoms with Gasteiger partial charge in [0.25, 0.3) is 0 Å². The first-order valence-corrected chi connectivity index (χ1v) is 11.9. The Bertz CT molecular complexity index is 1180. The lowest BCUT2D eigenvalue weighted by molar-refractivity contribution is 0.0693. The zero-order chi connectivity index (χ0) is 23.6. The van der Waals surface area contributed by atoms with Gasteiger partial charge in [0.2, 0.25) is 0 Å². The van der Waals surface area contributed by atoms with Crippen molar-refractivity contribution in [2.24, 2.45) is 5.92 Å². The monoisotopic (exact) mass is 442 g/mol. The molecule has 0 saturated carbocycles. The van der Waals surface area contributed by atoms with Crippen LogP contribution in [0.1, 0.15) is 66.9 Å². The van der Waals surface area contributed by atoms with Crippen LogP contribution >= 0.6 is 0 Å². The van der Waals surface area contributed by atoms with E-state index >= 15 is 0 Å². The molecular weight excluding hydrogens is 408 g/mol. The third-order valence-electron chi connectivity index (χ3n) is 6.12. The van der Waals surface area contributed by atoms with Crippen molar-refractivity contribution < 1.29 is 15.0 Å². The van der Waals surface area contributed by atoms with Gasteiger partial charge in [-0.15, -0.1) is 0 Å². The third kappa shape index (κ3) is 6.58. The molecule has 2 aromatic carbocycles. The van der Waals surface area contributed by atoms with Crippen molar-refractivity contribution in [3.05, 3.63) is 99.5 Å². The summed E-state index contributed by atoms with van der Waals surface area (Å²) in [6.45, 7) is 4.23. The number of aromatic carboxylic acids is 1. The minimum atomic E-state index is -1.14. The minimum Gasteiger partial charge on any atom is -0.506 e. The quantitative estimate of drug-likeness (QED) is 0.466. The van der Waals surface area contributed by atoms with Crippen LogP contribution in [0.2, 0.25) is 0 Å². The number of allylic oxidation sites excluding steroid dienone is 6. The molecule has 172 valence electrons. The lowest BCUT2D eigenvalue weighted by atomic mass is 9.91. The van der Waals surface area contributed by atoms with Crippen LogP contribution in [0, 0.1) is 12.8 Å². The van der Waals surface area contributed by atoms with Crippen LogP contribution in [-0.2, 0) is 0 Å². The predicted octanol–water partition coefficient (Wildman–Crippen LogP) is 6.04. The van der Waals surface area contributed by atoms with Gasteiger partial charge < -0.3 is 10.2 Å². The molecule has 3 rings (SSSR count). The van der Waals surface area contributed by atoms with Crippen LogP contribution in [0.25, 0.3) is 12.2 Å². The molecule has 1 aliphatic carbocycles. The molecule has 0 spiro atoms. The van der Waals surface area contributed by atoms with E-state index < -0.39 is 5.97 Å². The van der Waals surface area contributed by atoms with Gasteiger partial charge in [0, 0.05) is 11.1 Å². The highest BCUT2D eigenvalue weighted by molar-refractivity contribution is 5.91. The van der Waals surface area contributed by atoms with Crippen molar-refractivity contribution in [1.29, 1.82) is 0 Å². The van der Waals surface area contributed by atoms with Crippen molar-refractivity contribution in [3.8, 4) is 5.75 Å². The van der Waals surface area contributed by atoms with Gasteiger partial charge in [-0.05, 0) is 53.8 Å². The van der Waals surface area contributed by atoms with Crippen molar-refractivity contribution in [1.82, 2.24) is 0 Å². The maximum absolute atomic E-state index is 11.6. The van der Waals surface area contributed by atoms with Gasteiger partial charge in [-0.3, -0.25) is 0 Å². The fourth-order valence-electron chi connectivity index (χ4n) is 4.14. The van der Waals surface area contributed by atoms with Crippen molar-refractivity contribution >= 4 is 18.1 Å². The highest BCUT2D eigenvalue weighted by Gasteiger charge is 2.13. The van der Waals surface area contributed by atoms with Crippen LogP contribution in [0.5, 0.6) is 5.75 Å². The van der Waals surface area contributed by atoms with E-state index in [2.05, 4.69) is 37.3 Å². The number of carboxylic acid groups (broad SMARTS) is 1. The highest BCUT2D eigenvalue weighted by atomic mass is 16.4. The van der Waals surface area contributed by atoms with Crippen LogP contribution in [0.3, 0.4) is 0 Å². The summed E-state index contributed by atoms with van der Waals surface area (Å²) < 4.78 is 0. The fourth-order valence-corrected chi connectivity index (χ4v) is 4.14. The van der Waals surface area contributed by atoms with Gasteiger partial charge in [-0.2, -0.15) is 0 Å². The fraction of sp³-hybridized carbons (Fsp3) is 0.300. The standard InChI is InChI=1S/C30H34O3/c1-3-4-5-6-7-8-14-23-15-11-12-17-25(23)20-26-18-19-27(30(32)33)29(31)28(26)21-24-16-10-9-13-22(24)2/h9-21,25,31H,3-8H2,1-2H3,(H,32,33). The molecule has 0 radical (unpaired) electrons. The first-order valence-electron chi connectivity index (χ1n) is 11.9. The van der Waals surface area contributed by atoms with E-state index in [-0.39, 0.29) is 17.2 Å². The number of benzene rings is 2. The topological polar surface area (TPSA) is 57.5 Å². The average Bonchev–Trinajstić information content (AvgIpc) is 2.80. The lowest BCUT2D eigenvalue weighted by Gasteiger charge is -2.14. The maximum Gasteiger partial charge on any atom is 0.339 e. The van der Waals surface area contributed by atoms with E-state index in [1.54, 1.807) is 6.07 Å². The summed E-state index contributed by atoms with van der Waals surface area (Å²) in [4.78, 5) is 11.6.